The zero-order valence-corrected chi connectivity index (χ0v) is 10.8. The quantitative estimate of drug-likeness (QED) is 0.859. The van der Waals surface area contributed by atoms with Crippen molar-refractivity contribution in [3.63, 3.8) is 0 Å². The number of carbonyl (C=O) groups is 2. The number of carboxylic acid groups (broad SMARTS) is 1. The molecule has 5 nitrogen and oxygen atoms in total. The molecule has 1 rings (SSSR count). The summed E-state index contributed by atoms with van der Waals surface area (Å²) in [6.07, 6.45) is 3.26. The minimum atomic E-state index is -1.00. The number of pyridine rings is 1. The van der Waals surface area contributed by atoms with Crippen molar-refractivity contribution in [1.29, 1.82) is 0 Å². The van der Waals surface area contributed by atoms with Gasteiger partial charge in [-0.1, -0.05) is 6.07 Å². The van der Waals surface area contributed by atoms with Gasteiger partial charge in [0.1, 0.15) is 6.54 Å². The summed E-state index contributed by atoms with van der Waals surface area (Å²) < 4.78 is 0. The third-order valence-electron chi connectivity index (χ3n) is 2.77. The number of hydrogen-bond donors (Lipinski definition) is 1. The van der Waals surface area contributed by atoms with Gasteiger partial charge in [0, 0.05) is 18.4 Å². The highest BCUT2D eigenvalue weighted by Gasteiger charge is 2.25. The highest BCUT2D eigenvalue weighted by molar-refractivity contribution is 5.86. The van der Waals surface area contributed by atoms with Crippen LogP contribution < -0.4 is 0 Å². The van der Waals surface area contributed by atoms with Crippen LogP contribution in [0.3, 0.4) is 0 Å². The Morgan fingerprint density at radius 3 is 2.50 bits per heavy atom. The summed E-state index contributed by atoms with van der Waals surface area (Å²) in [7, 11) is 0. The number of rotatable bonds is 5. The Kier molecular flexibility index (Phi) is 4.83. The van der Waals surface area contributed by atoms with Crippen LogP contribution in [0.4, 0.5) is 0 Å². The van der Waals surface area contributed by atoms with Crippen LogP contribution in [-0.4, -0.2) is 39.5 Å². The van der Waals surface area contributed by atoms with Gasteiger partial charge in [0.25, 0.3) is 0 Å². The molecule has 0 bridgehead atoms. The molecule has 0 aromatic carbocycles. The van der Waals surface area contributed by atoms with Crippen molar-refractivity contribution in [3.05, 3.63) is 30.1 Å². The lowest BCUT2D eigenvalue weighted by atomic mass is 10.0. The van der Waals surface area contributed by atoms with Crippen LogP contribution in [0.25, 0.3) is 0 Å². The number of amides is 1. The third kappa shape index (κ3) is 3.55. The highest BCUT2D eigenvalue weighted by atomic mass is 16.4. The van der Waals surface area contributed by atoms with Gasteiger partial charge < -0.3 is 10.0 Å². The van der Waals surface area contributed by atoms with E-state index >= 15 is 0 Å². The van der Waals surface area contributed by atoms with Gasteiger partial charge in [-0.25, -0.2) is 0 Å². The fourth-order valence-corrected chi connectivity index (χ4v) is 1.68. The van der Waals surface area contributed by atoms with Gasteiger partial charge in [0.2, 0.25) is 5.91 Å². The van der Waals surface area contributed by atoms with Crippen LogP contribution >= 0.6 is 0 Å². The van der Waals surface area contributed by atoms with E-state index in [1.54, 1.807) is 39.2 Å². The van der Waals surface area contributed by atoms with Crippen LogP contribution in [0.5, 0.6) is 0 Å². The van der Waals surface area contributed by atoms with Crippen LogP contribution in [-0.2, 0) is 9.59 Å². The maximum absolute atomic E-state index is 12.3. The zero-order chi connectivity index (χ0) is 13.7. The second-order valence-electron chi connectivity index (χ2n) is 4.46. The monoisotopic (exact) mass is 250 g/mol. The molecule has 0 fully saturated rings. The van der Waals surface area contributed by atoms with E-state index in [9.17, 15) is 9.59 Å². The van der Waals surface area contributed by atoms with Gasteiger partial charge >= 0.3 is 5.97 Å². The first-order chi connectivity index (χ1) is 8.43. The van der Waals surface area contributed by atoms with E-state index in [0.29, 0.717) is 0 Å². The number of carboxylic acids is 1. The maximum atomic E-state index is 12.3. The SMILES string of the molecule is CC(C(=O)N(CC(=O)O)C(C)C)c1cccnc1. The summed E-state index contributed by atoms with van der Waals surface area (Å²) >= 11 is 0. The topological polar surface area (TPSA) is 70.5 Å². The standard InChI is InChI=1S/C13H18N2O3/c1-9(2)15(8-12(16)17)13(18)10(3)11-5-4-6-14-7-11/h4-7,9-10H,8H2,1-3H3,(H,16,17). The van der Waals surface area contributed by atoms with E-state index in [4.69, 9.17) is 5.11 Å². The molecule has 0 aliphatic carbocycles. The van der Waals surface area contributed by atoms with E-state index in [2.05, 4.69) is 4.98 Å². The van der Waals surface area contributed by atoms with Crippen molar-refractivity contribution in [3.8, 4) is 0 Å². The Balaban J connectivity index is 2.86. The summed E-state index contributed by atoms with van der Waals surface area (Å²) in [5, 5.41) is 8.83. The number of carbonyl (C=O) groups excluding carboxylic acids is 1. The smallest absolute Gasteiger partial charge is 0.323 e. The molecule has 1 aromatic heterocycles. The Labute approximate surface area is 106 Å². The summed E-state index contributed by atoms with van der Waals surface area (Å²) in [6, 6.07) is 3.43. The van der Waals surface area contributed by atoms with Crippen molar-refractivity contribution in [2.45, 2.75) is 32.7 Å². The predicted octanol–water partition coefficient (Wildman–Crippen LogP) is 1.51. The molecule has 98 valence electrons. The molecule has 0 aliphatic heterocycles. The summed E-state index contributed by atoms with van der Waals surface area (Å²) in [5.41, 5.74) is 0.790. The number of aliphatic carboxylic acids is 1. The summed E-state index contributed by atoms with van der Waals surface area (Å²) in [5.74, 6) is -1.59. The number of aromatic nitrogens is 1. The lowest BCUT2D eigenvalue weighted by molar-refractivity contribution is -0.146. The predicted molar refractivity (Wildman–Crippen MR) is 67.1 cm³/mol. The van der Waals surface area contributed by atoms with E-state index in [0.717, 1.165) is 5.56 Å². The second kappa shape index (κ2) is 6.14. The highest BCUT2D eigenvalue weighted by Crippen LogP contribution is 2.18. The summed E-state index contributed by atoms with van der Waals surface area (Å²) in [6.45, 7) is 5.09. The lowest BCUT2D eigenvalue weighted by Crippen LogP contribution is -2.42. The minimum Gasteiger partial charge on any atom is -0.480 e. The van der Waals surface area contributed by atoms with Crippen LogP contribution in [0.2, 0.25) is 0 Å². The fraction of sp³-hybridized carbons (Fsp3) is 0.462. The first-order valence-electron chi connectivity index (χ1n) is 5.85. The van der Waals surface area contributed by atoms with Crippen molar-refractivity contribution >= 4 is 11.9 Å². The third-order valence-corrected chi connectivity index (χ3v) is 2.77. The zero-order valence-electron chi connectivity index (χ0n) is 10.8. The molecular formula is C13H18N2O3. The van der Waals surface area contributed by atoms with Gasteiger partial charge in [-0.15, -0.1) is 0 Å². The van der Waals surface area contributed by atoms with Crippen LogP contribution in [0.1, 0.15) is 32.3 Å². The van der Waals surface area contributed by atoms with Crippen molar-refractivity contribution in [2.24, 2.45) is 0 Å². The second-order valence-corrected chi connectivity index (χ2v) is 4.46. The molecule has 0 radical (unpaired) electrons. The van der Waals surface area contributed by atoms with Gasteiger partial charge in [0.15, 0.2) is 0 Å². The molecule has 1 N–H and O–H groups in total. The van der Waals surface area contributed by atoms with Crippen molar-refractivity contribution < 1.29 is 14.7 Å². The van der Waals surface area contributed by atoms with E-state index < -0.39 is 5.97 Å². The first-order valence-corrected chi connectivity index (χ1v) is 5.85. The number of hydrogen-bond acceptors (Lipinski definition) is 3. The largest absolute Gasteiger partial charge is 0.480 e. The van der Waals surface area contributed by atoms with Crippen LogP contribution in [0.15, 0.2) is 24.5 Å². The molecule has 1 unspecified atom stereocenters. The molecular weight excluding hydrogens is 232 g/mol. The molecule has 0 saturated carbocycles. The Morgan fingerprint density at radius 1 is 1.39 bits per heavy atom. The molecule has 5 heteroatoms. The number of nitrogens with zero attached hydrogens (tertiary/aromatic N) is 2. The normalized spacial score (nSPS) is 12.2. The molecule has 0 saturated heterocycles. The Morgan fingerprint density at radius 2 is 2.06 bits per heavy atom. The molecule has 1 heterocycles. The summed E-state index contributed by atoms with van der Waals surface area (Å²) in [4.78, 5) is 28.4. The molecule has 0 spiro atoms. The fourth-order valence-electron chi connectivity index (χ4n) is 1.68. The molecule has 18 heavy (non-hydrogen) atoms. The van der Waals surface area contributed by atoms with E-state index in [1.807, 2.05) is 6.07 Å². The average Bonchev–Trinajstić information content (AvgIpc) is 2.34. The maximum Gasteiger partial charge on any atom is 0.323 e. The van der Waals surface area contributed by atoms with Gasteiger partial charge in [-0.3, -0.25) is 14.6 Å². The average molecular weight is 250 g/mol. The minimum absolute atomic E-state index is 0.146. The molecule has 1 aromatic rings. The van der Waals surface area contributed by atoms with Crippen molar-refractivity contribution in [1.82, 2.24) is 9.88 Å². The van der Waals surface area contributed by atoms with E-state index in [1.165, 1.54) is 4.90 Å². The Bertz CT molecular complexity index is 418. The Hall–Kier alpha value is -1.91. The van der Waals surface area contributed by atoms with Gasteiger partial charge in [-0.05, 0) is 32.4 Å². The van der Waals surface area contributed by atoms with Crippen molar-refractivity contribution in [2.75, 3.05) is 6.54 Å². The molecule has 1 amide bonds. The van der Waals surface area contributed by atoms with Crippen LogP contribution in [0, 0.1) is 0 Å². The molecule has 0 aliphatic rings. The van der Waals surface area contributed by atoms with E-state index in [-0.39, 0.29) is 24.4 Å². The molecule has 1 atom stereocenters. The van der Waals surface area contributed by atoms with Gasteiger partial charge in [0.05, 0.1) is 5.92 Å². The van der Waals surface area contributed by atoms with Gasteiger partial charge in [-0.2, -0.15) is 0 Å². The first kappa shape index (κ1) is 14.2. The lowest BCUT2D eigenvalue weighted by Gasteiger charge is -2.27.